The number of rotatable bonds is 7. The van der Waals surface area contributed by atoms with E-state index in [-0.39, 0.29) is 24.3 Å². The van der Waals surface area contributed by atoms with Crippen molar-refractivity contribution in [1.82, 2.24) is 15.1 Å². The molecule has 0 bridgehead atoms. The minimum atomic E-state index is -0.560. The van der Waals surface area contributed by atoms with E-state index >= 15 is 0 Å². The number of carbonyl (C=O) groups excluding carboxylic acids is 3. The summed E-state index contributed by atoms with van der Waals surface area (Å²) < 4.78 is 13.0. The lowest BCUT2D eigenvalue weighted by atomic mass is 10.1. The molecule has 1 atom stereocenters. The summed E-state index contributed by atoms with van der Waals surface area (Å²) in [6.07, 6.45) is 0.854. The van der Waals surface area contributed by atoms with Crippen LogP contribution in [0.1, 0.15) is 41.8 Å². The molecular formula is C23H26FN3O3. The normalized spacial score (nSPS) is 15.3. The van der Waals surface area contributed by atoms with Crippen molar-refractivity contribution >= 4 is 17.7 Å². The maximum absolute atomic E-state index is 13.0. The number of hydrogen-bond donors (Lipinski definition) is 1. The molecule has 0 unspecified atom stereocenters. The minimum absolute atomic E-state index is 0.104. The highest BCUT2D eigenvalue weighted by atomic mass is 19.1. The first-order chi connectivity index (χ1) is 14.4. The summed E-state index contributed by atoms with van der Waals surface area (Å²) >= 11 is 0. The molecule has 158 valence electrons. The molecule has 6 nitrogen and oxygen atoms in total. The first-order valence-electron chi connectivity index (χ1n) is 10.1. The predicted molar refractivity (Wildman–Crippen MR) is 111 cm³/mol. The third-order valence-electron chi connectivity index (χ3n) is 5.26. The Morgan fingerprint density at radius 3 is 1.87 bits per heavy atom. The fourth-order valence-electron chi connectivity index (χ4n) is 3.22. The van der Waals surface area contributed by atoms with Gasteiger partial charge in [-0.2, -0.15) is 0 Å². The fourth-order valence-corrected chi connectivity index (χ4v) is 3.22. The second-order valence-corrected chi connectivity index (χ2v) is 7.56. The highest BCUT2D eigenvalue weighted by Crippen LogP contribution is 2.15. The Bertz CT molecular complexity index is 912. The highest BCUT2D eigenvalue weighted by Gasteiger charge is 2.32. The van der Waals surface area contributed by atoms with Crippen molar-refractivity contribution in [3.8, 4) is 0 Å². The Hall–Kier alpha value is -3.22. The molecule has 1 saturated heterocycles. The summed E-state index contributed by atoms with van der Waals surface area (Å²) in [7, 11) is 0. The second-order valence-electron chi connectivity index (χ2n) is 7.56. The molecule has 7 heteroatoms. The number of carbonyl (C=O) groups is 3. The van der Waals surface area contributed by atoms with Gasteiger partial charge in [-0.25, -0.2) is 4.39 Å². The lowest BCUT2D eigenvalue weighted by Crippen LogP contribution is -2.53. The van der Waals surface area contributed by atoms with Gasteiger partial charge in [0.15, 0.2) is 0 Å². The molecule has 0 radical (unpaired) electrons. The van der Waals surface area contributed by atoms with Gasteiger partial charge in [0, 0.05) is 37.8 Å². The highest BCUT2D eigenvalue weighted by molar-refractivity contribution is 6.35. The van der Waals surface area contributed by atoms with E-state index in [9.17, 15) is 18.8 Å². The van der Waals surface area contributed by atoms with E-state index in [4.69, 9.17) is 0 Å². The van der Waals surface area contributed by atoms with Crippen molar-refractivity contribution in [3.05, 3.63) is 71.0 Å². The molecule has 2 aromatic carbocycles. The minimum Gasteiger partial charge on any atom is -0.350 e. The van der Waals surface area contributed by atoms with Crippen LogP contribution in [-0.2, 0) is 22.7 Å². The van der Waals surface area contributed by atoms with Crippen molar-refractivity contribution in [2.24, 2.45) is 0 Å². The summed E-state index contributed by atoms with van der Waals surface area (Å²) in [5, 5.41) is 2.91. The zero-order valence-electron chi connectivity index (χ0n) is 17.2. The molecule has 0 spiro atoms. The predicted octanol–water partition coefficient (Wildman–Crippen LogP) is 2.73. The number of piperazine rings is 1. The maximum atomic E-state index is 13.0. The van der Waals surface area contributed by atoms with Crippen LogP contribution in [0.25, 0.3) is 0 Å². The largest absolute Gasteiger partial charge is 0.350 e. The van der Waals surface area contributed by atoms with E-state index in [1.54, 1.807) is 36.4 Å². The van der Waals surface area contributed by atoms with Crippen LogP contribution in [0.4, 0.5) is 4.39 Å². The third kappa shape index (κ3) is 5.23. The summed E-state index contributed by atoms with van der Waals surface area (Å²) in [6.45, 7) is 5.37. The van der Waals surface area contributed by atoms with Gasteiger partial charge in [-0.15, -0.1) is 0 Å². The van der Waals surface area contributed by atoms with Crippen LogP contribution in [-0.4, -0.2) is 46.7 Å². The van der Waals surface area contributed by atoms with Crippen LogP contribution < -0.4 is 5.32 Å². The number of nitrogens with zero attached hydrogens (tertiary/aromatic N) is 2. The van der Waals surface area contributed by atoms with Gasteiger partial charge in [0.2, 0.25) is 0 Å². The fraction of sp³-hybridized carbons (Fsp3) is 0.348. The lowest BCUT2D eigenvalue weighted by Gasteiger charge is -2.33. The van der Waals surface area contributed by atoms with Crippen molar-refractivity contribution in [3.63, 3.8) is 0 Å². The molecule has 2 aromatic rings. The van der Waals surface area contributed by atoms with E-state index in [2.05, 4.69) is 5.32 Å². The van der Waals surface area contributed by atoms with Gasteiger partial charge in [-0.05, 0) is 48.7 Å². The van der Waals surface area contributed by atoms with Gasteiger partial charge in [-0.1, -0.05) is 31.2 Å². The number of nitrogens with one attached hydrogen (secondary N) is 1. The number of halogens is 1. The van der Waals surface area contributed by atoms with Crippen molar-refractivity contribution < 1.29 is 18.8 Å². The van der Waals surface area contributed by atoms with Gasteiger partial charge in [-0.3, -0.25) is 14.4 Å². The molecule has 1 aliphatic rings. The second kappa shape index (κ2) is 9.52. The van der Waals surface area contributed by atoms with Crippen LogP contribution in [0.5, 0.6) is 0 Å². The summed E-state index contributed by atoms with van der Waals surface area (Å²) in [5.41, 5.74) is 2.19. The van der Waals surface area contributed by atoms with Crippen LogP contribution in [0, 0.1) is 5.82 Å². The molecule has 1 heterocycles. The Morgan fingerprint density at radius 2 is 1.40 bits per heavy atom. The van der Waals surface area contributed by atoms with Crippen LogP contribution >= 0.6 is 0 Å². The smallest absolute Gasteiger partial charge is 0.312 e. The maximum Gasteiger partial charge on any atom is 0.312 e. The van der Waals surface area contributed by atoms with Gasteiger partial charge >= 0.3 is 11.8 Å². The molecule has 1 aliphatic heterocycles. The standard InChI is InChI=1S/C23H26FN3O3/c1-3-16(2)25-21(28)19-8-4-17(5-9-19)14-26-12-13-27(23(30)22(26)29)15-18-6-10-20(24)11-7-18/h4-11,16H,3,12-15H2,1-2H3,(H,25,28)/t16-/m1/s1. The Balaban J connectivity index is 1.57. The van der Waals surface area contributed by atoms with E-state index in [0.29, 0.717) is 25.2 Å². The Kier molecular flexibility index (Phi) is 6.82. The average Bonchev–Trinajstić information content (AvgIpc) is 2.75. The molecule has 0 aliphatic carbocycles. The molecule has 0 aromatic heterocycles. The molecule has 3 amide bonds. The first-order valence-corrected chi connectivity index (χ1v) is 10.1. The lowest BCUT2D eigenvalue weighted by molar-refractivity contribution is -0.156. The van der Waals surface area contributed by atoms with Gasteiger partial charge in [0.05, 0.1) is 0 Å². The molecule has 3 rings (SSSR count). The van der Waals surface area contributed by atoms with Gasteiger partial charge in [0.1, 0.15) is 5.82 Å². The van der Waals surface area contributed by atoms with Crippen molar-refractivity contribution in [2.45, 2.75) is 39.4 Å². The molecule has 30 heavy (non-hydrogen) atoms. The molecule has 0 saturated carbocycles. The van der Waals surface area contributed by atoms with Crippen LogP contribution in [0.15, 0.2) is 48.5 Å². The van der Waals surface area contributed by atoms with Gasteiger partial charge < -0.3 is 15.1 Å². The monoisotopic (exact) mass is 411 g/mol. The van der Waals surface area contributed by atoms with Crippen LogP contribution in [0.3, 0.4) is 0 Å². The zero-order chi connectivity index (χ0) is 21.7. The average molecular weight is 411 g/mol. The van der Waals surface area contributed by atoms with Crippen molar-refractivity contribution in [2.75, 3.05) is 13.1 Å². The number of hydrogen-bond acceptors (Lipinski definition) is 3. The summed E-state index contributed by atoms with van der Waals surface area (Å²) in [4.78, 5) is 40.2. The van der Waals surface area contributed by atoms with Crippen LogP contribution in [0.2, 0.25) is 0 Å². The van der Waals surface area contributed by atoms with E-state index in [1.165, 1.54) is 21.9 Å². The van der Waals surface area contributed by atoms with E-state index < -0.39 is 11.8 Å². The zero-order valence-corrected chi connectivity index (χ0v) is 17.2. The third-order valence-corrected chi connectivity index (χ3v) is 5.26. The van der Waals surface area contributed by atoms with Gasteiger partial charge in [0.25, 0.3) is 5.91 Å². The molecule has 1 N–H and O–H groups in total. The number of benzene rings is 2. The quantitative estimate of drug-likeness (QED) is 0.713. The summed E-state index contributed by atoms with van der Waals surface area (Å²) in [6, 6.07) is 13.1. The number of amides is 3. The van der Waals surface area contributed by atoms with Crippen molar-refractivity contribution in [1.29, 1.82) is 0 Å². The van der Waals surface area contributed by atoms with E-state index in [0.717, 1.165) is 17.5 Å². The summed E-state index contributed by atoms with van der Waals surface area (Å²) in [5.74, 6) is -1.58. The molecule has 1 fully saturated rings. The topological polar surface area (TPSA) is 69.7 Å². The Morgan fingerprint density at radius 1 is 0.933 bits per heavy atom. The van der Waals surface area contributed by atoms with E-state index in [1.807, 2.05) is 13.8 Å². The Labute approximate surface area is 175 Å². The molecular weight excluding hydrogens is 385 g/mol. The SMILES string of the molecule is CC[C@@H](C)NC(=O)c1ccc(CN2CCN(Cc3ccc(F)cc3)C(=O)C2=O)cc1. The first kappa shape index (κ1) is 21.5.